The maximum Gasteiger partial charge on any atom is 0.133 e. The molecule has 2 rings (SSSR count). The minimum atomic E-state index is 0.0451. The Balaban J connectivity index is 2.27. The zero-order valence-electron chi connectivity index (χ0n) is 11.1. The molecular formula is C14H23N3. The van der Waals surface area contributed by atoms with Crippen molar-refractivity contribution in [2.75, 3.05) is 18.0 Å². The van der Waals surface area contributed by atoms with Crippen LogP contribution in [-0.2, 0) is 0 Å². The summed E-state index contributed by atoms with van der Waals surface area (Å²) in [6, 6.07) is 4.11. The molecule has 1 aromatic rings. The van der Waals surface area contributed by atoms with Gasteiger partial charge in [0.25, 0.3) is 0 Å². The fourth-order valence-corrected chi connectivity index (χ4v) is 2.63. The lowest BCUT2D eigenvalue weighted by Gasteiger charge is -2.39. The summed E-state index contributed by atoms with van der Waals surface area (Å²) in [5.74, 6) is 1.08. The third-order valence-electron chi connectivity index (χ3n) is 3.51. The van der Waals surface area contributed by atoms with Gasteiger partial charge < -0.3 is 10.6 Å². The first-order chi connectivity index (χ1) is 7.99. The molecule has 94 valence electrons. The van der Waals surface area contributed by atoms with Gasteiger partial charge in [-0.1, -0.05) is 19.9 Å². The van der Waals surface area contributed by atoms with Crippen LogP contribution in [-0.4, -0.2) is 18.1 Å². The number of hydrogen-bond donors (Lipinski definition) is 1. The van der Waals surface area contributed by atoms with E-state index in [0.29, 0.717) is 5.41 Å². The second-order valence-electron chi connectivity index (χ2n) is 5.89. The number of anilines is 1. The molecule has 3 nitrogen and oxygen atoms in total. The highest BCUT2D eigenvalue weighted by Gasteiger charge is 2.28. The minimum absolute atomic E-state index is 0.0451. The zero-order valence-corrected chi connectivity index (χ0v) is 11.1. The predicted molar refractivity (Wildman–Crippen MR) is 72.1 cm³/mol. The zero-order chi connectivity index (χ0) is 12.5. The first-order valence-electron chi connectivity index (χ1n) is 6.45. The summed E-state index contributed by atoms with van der Waals surface area (Å²) in [6.07, 6.45) is 4.40. The van der Waals surface area contributed by atoms with Crippen LogP contribution in [0.2, 0.25) is 0 Å². The van der Waals surface area contributed by atoms with Crippen molar-refractivity contribution in [3.63, 3.8) is 0 Å². The van der Waals surface area contributed by atoms with Gasteiger partial charge >= 0.3 is 0 Å². The van der Waals surface area contributed by atoms with Gasteiger partial charge in [-0.3, -0.25) is 0 Å². The Bertz CT molecular complexity index is 385. The summed E-state index contributed by atoms with van der Waals surface area (Å²) < 4.78 is 0. The summed E-state index contributed by atoms with van der Waals surface area (Å²) in [7, 11) is 0. The smallest absolute Gasteiger partial charge is 0.133 e. The molecule has 0 aliphatic carbocycles. The average molecular weight is 233 g/mol. The molecular weight excluding hydrogens is 210 g/mol. The van der Waals surface area contributed by atoms with Gasteiger partial charge in [0.2, 0.25) is 0 Å². The minimum Gasteiger partial charge on any atom is -0.356 e. The van der Waals surface area contributed by atoms with Crippen LogP contribution in [0.1, 0.15) is 45.2 Å². The average Bonchev–Trinajstić information content (AvgIpc) is 2.27. The van der Waals surface area contributed by atoms with Crippen LogP contribution >= 0.6 is 0 Å². The molecule has 1 aliphatic heterocycles. The second-order valence-corrected chi connectivity index (χ2v) is 5.89. The van der Waals surface area contributed by atoms with Crippen molar-refractivity contribution < 1.29 is 0 Å². The topological polar surface area (TPSA) is 42.1 Å². The summed E-state index contributed by atoms with van der Waals surface area (Å²) >= 11 is 0. The SMILES string of the molecule is CC(N)c1cccnc1N1CCCC(C)(C)C1. The van der Waals surface area contributed by atoms with Crippen LogP contribution < -0.4 is 10.6 Å². The van der Waals surface area contributed by atoms with E-state index in [-0.39, 0.29) is 6.04 Å². The van der Waals surface area contributed by atoms with E-state index in [4.69, 9.17) is 5.73 Å². The lowest BCUT2D eigenvalue weighted by molar-refractivity contribution is 0.291. The van der Waals surface area contributed by atoms with Gasteiger partial charge in [0.15, 0.2) is 0 Å². The molecule has 1 aliphatic rings. The Labute approximate surface area is 104 Å². The van der Waals surface area contributed by atoms with Crippen molar-refractivity contribution in [1.29, 1.82) is 0 Å². The van der Waals surface area contributed by atoms with Gasteiger partial charge in [-0.2, -0.15) is 0 Å². The molecule has 2 N–H and O–H groups in total. The molecule has 1 saturated heterocycles. The molecule has 0 radical (unpaired) electrons. The van der Waals surface area contributed by atoms with Crippen molar-refractivity contribution in [1.82, 2.24) is 4.98 Å². The van der Waals surface area contributed by atoms with E-state index in [1.807, 2.05) is 19.2 Å². The molecule has 3 heteroatoms. The highest BCUT2D eigenvalue weighted by Crippen LogP contribution is 2.33. The fraction of sp³-hybridized carbons (Fsp3) is 0.643. The second kappa shape index (κ2) is 4.65. The van der Waals surface area contributed by atoms with Crippen molar-refractivity contribution in [2.45, 2.75) is 39.7 Å². The number of piperidine rings is 1. The maximum atomic E-state index is 6.02. The number of hydrogen-bond acceptors (Lipinski definition) is 3. The highest BCUT2D eigenvalue weighted by atomic mass is 15.2. The molecule has 1 unspecified atom stereocenters. The van der Waals surface area contributed by atoms with Crippen LogP contribution in [0.3, 0.4) is 0 Å². The Kier molecular flexibility index (Phi) is 3.38. The van der Waals surface area contributed by atoms with Gasteiger partial charge in [0, 0.05) is 30.9 Å². The van der Waals surface area contributed by atoms with Crippen LogP contribution in [0.4, 0.5) is 5.82 Å². The van der Waals surface area contributed by atoms with Gasteiger partial charge in [0.1, 0.15) is 5.82 Å². The number of nitrogens with zero attached hydrogens (tertiary/aromatic N) is 2. The van der Waals surface area contributed by atoms with Crippen molar-refractivity contribution >= 4 is 5.82 Å². The van der Waals surface area contributed by atoms with Gasteiger partial charge in [-0.05, 0) is 31.2 Å². The lowest BCUT2D eigenvalue weighted by atomic mass is 9.84. The Hall–Kier alpha value is -1.09. The normalized spacial score (nSPS) is 21.3. The standard InChI is InChI=1S/C14H23N3/c1-11(15)12-6-4-8-16-13(12)17-9-5-7-14(2,3)10-17/h4,6,8,11H,5,7,9-10,15H2,1-3H3. The third kappa shape index (κ3) is 2.78. The number of rotatable bonds is 2. The summed E-state index contributed by atoms with van der Waals surface area (Å²) in [5.41, 5.74) is 7.56. The molecule has 0 spiro atoms. The highest BCUT2D eigenvalue weighted by molar-refractivity contribution is 5.48. The van der Waals surface area contributed by atoms with E-state index >= 15 is 0 Å². The third-order valence-corrected chi connectivity index (χ3v) is 3.51. The van der Waals surface area contributed by atoms with Crippen molar-refractivity contribution in [3.8, 4) is 0 Å². The molecule has 0 saturated carbocycles. The van der Waals surface area contributed by atoms with Gasteiger partial charge in [-0.25, -0.2) is 4.98 Å². The molecule has 1 aromatic heterocycles. The Morgan fingerprint density at radius 3 is 2.88 bits per heavy atom. The molecule has 1 fully saturated rings. The van der Waals surface area contributed by atoms with Crippen molar-refractivity contribution in [2.24, 2.45) is 11.1 Å². The van der Waals surface area contributed by atoms with Crippen molar-refractivity contribution in [3.05, 3.63) is 23.9 Å². The van der Waals surface area contributed by atoms with Gasteiger partial charge in [-0.15, -0.1) is 0 Å². The quantitative estimate of drug-likeness (QED) is 0.854. The largest absolute Gasteiger partial charge is 0.356 e. The van der Waals surface area contributed by atoms with Crippen LogP contribution in [0.25, 0.3) is 0 Å². The van der Waals surface area contributed by atoms with Gasteiger partial charge in [0.05, 0.1) is 0 Å². The summed E-state index contributed by atoms with van der Waals surface area (Å²) in [5, 5.41) is 0. The van der Waals surface area contributed by atoms with E-state index in [1.54, 1.807) is 0 Å². The maximum absolute atomic E-state index is 6.02. The number of nitrogens with two attached hydrogens (primary N) is 1. The molecule has 17 heavy (non-hydrogen) atoms. The number of pyridine rings is 1. The first kappa shape index (κ1) is 12.4. The van der Waals surface area contributed by atoms with E-state index in [2.05, 4.69) is 29.8 Å². The summed E-state index contributed by atoms with van der Waals surface area (Å²) in [6.45, 7) is 8.85. The monoisotopic (exact) mass is 233 g/mol. The first-order valence-corrected chi connectivity index (χ1v) is 6.45. The lowest BCUT2D eigenvalue weighted by Crippen LogP contribution is -2.41. The van der Waals surface area contributed by atoms with E-state index < -0.39 is 0 Å². The molecule has 0 bridgehead atoms. The Morgan fingerprint density at radius 2 is 2.24 bits per heavy atom. The molecule has 1 atom stereocenters. The molecule has 2 heterocycles. The van der Waals surface area contributed by atoms with E-state index in [1.165, 1.54) is 12.8 Å². The Morgan fingerprint density at radius 1 is 1.47 bits per heavy atom. The molecule has 0 aromatic carbocycles. The van der Waals surface area contributed by atoms with E-state index in [0.717, 1.165) is 24.5 Å². The van der Waals surface area contributed by atoms with Crippen LogP contribution in [0, 0.1) is 5.41 Å². The molecule has 0 amide bonds. The van der Waals surface area contributed by atoms with Crippen LogP contribution in [0.5, 0.6) is 0 Å². The van der Waals surface area contributed by atoms with Crippen LogP contribution in [0.15, 0.2) is 18.3 Å². The van der Waals surface area contributed by atoms with E-state index in [9.17, 15) is 0 Å². The summed E-state index contributed by atoms with van der Waals surface area (Å²) in [4.78, 5) is 6.93. The fourth-order valence-electron chi connectivity index (χ4n) is 2.63. The number of aromatic nitrogens is 1. The predicted octanol–water partition coefficient (Wildman–Crippen LogP) is 2.73.